The number of benzene rings is 2. The van der Waals surface area contributed by atoms with E-state index in [0.717, 1.165) is 5.56 Å². The number of nitrogens with one attached hydrogen (secondary N) is 1. The molecule has 3 rings (SSSR count). The number of hydrogen-bond acceptors (Lipinski definition) is 7. The molecule has 2 aromatic carbocycles. The van der Waals surface area contributed by atoms with E-state index in [1.165, 1.54) is 0 Å². The third-order valence-corrected chi connectivity index (χ3v) is 4.20. The van der Waals surface area contributed by atoms with E-state index in [1.807, 2.05) is 31.2 Å². The number of hydrogen-bond donors (Lipinski definition) is 1. The zero-order chi connectivity index (χ0) is 20.8. The van der Waals surface area contributed by atoms with Crippen LogP contribution in [0.4, 0.5) is 0 Å². The molecular formula is C21H23N3O5. The van der Waals surface area contributed by atoms with Gasteiger partial charge in [-0.15, -0.1) is 0 Å². The third-order valence-electron chi connectivity index (χ3n) is 4.20. The van der Waals surface area contributed by atoms with Crippen molar-refractivity contribution >= 4 is 5.91 Å². The molecule has 0 saturated heterocycles. The fourth-order valence-corrected chi connectivity index (χ4v) is 2.67. The lowest BCUT2D eigenvalue weighted by Gasteiger charge is -2.14. The molecule has 0 spiro atoms. The van der Waals surface area contributed by atoms with E-state index in [0.29, 0.717) is 28.6 Å². The van der Waals surface area contributed by atoms with E-state index in [9.17, 15) is 4.79 Å². The zero-order valence-electron chi connectivity index (χ0n) is 16.8. The molecule has 1 heterocycles. The molecule has 1 N–H and O–H groups in total. The van der Waals surface area contributed by atoms with E-state index in [2.05, 4.69) is 15.5 Å². The number of carbonyl (C=O) groups excluding carboxylic acids is 1. The number of carbonyl (C=O) groups is 1. The molecular weight excluding hydrogens is 374 g/mol. The van der Waals surface area contributed by atoms with Crippen LogP contribution < -0.4 is 19.5 Å². The number of nitrogens with zero attached hydrogens (tertiary/aromatic N) is 2. The predicted octanol–water partition coefficient (Wildman–Crippen LogP) is 3.15. The van der Waals surface area contributed by atoms with Gasteiger partial charge in [0.05, 0.1) is 20.8 Å². The Hall–Kier alpha value is -3.55. The molecule has 0 fully saturated rings. The van der Waals surface area contributed by atoms with Gasteiger partial charge in [-0.25, -0.2) is 0 Å². The van der Waals surface area contributed by atoms with Gasteiger partial charge >= 0.3 is 0 Å². The fourth-order valence-electron chi connectivity index (χ4n) is 2.67. The summed E-state index contributed by atoms with van der Waals surface area (Å²) >= 11 is 0. The molecule has 3 aromatic rings. The second kappa shape index (κ2) is 9.09. The minimum Gasteiger partial charge on any atom is -0.493 e. The lowest BCUT2D eigenvalue weighted by Crippen LogP contribution is -2.36. The first-order chi connectivity index (χ1) is 14.0. The van der Waals surface area contributed by atoms with Gasteiger partial charge in [-0.05, 0) is 49.7 Å². The summed E-state index contributed by atoms with van der Waals surface area (Å²) in [5.41, 5.74) is 1.77. The number of aromatic nitrogens is 2. The van der Waals surface area contributed by atoms with Crippen molar-refractivity contribution < 1.29 is 23.5 Å². The minimum atomic E-state index is -0.662. The lowest BCUT2D eigenvalue weighted by atomic mass is 10.2. The largest absolute Gasteiger partial charge is 0.493 e. The van der Waals surface area contributed by atoms with Gasteiger partial charge in [-0.3, -0.25) is 4.79 Å². The van der Waals surface area contributed by atoms with Crippen LogP contribution in [-0.2, 0) is 11.3 Å². The highest BCUT2D eigenvalue weighted by Gasteiger charge is 2.17. The first kappa shape index (κ1) is 20.2. The van der Waals surface area contributed by atoms with Gasteiger partial charge in [-0.2, -0.15) is 4.98 Å². The highest BCUT2D eigenvalue weighted by molar-refractivity contribution is 5.80. The maximum atomic E-state index is 12.3. The Morgan fingerprint density at radius 2 is 1.93 bits per heavy atom. The molecule has 152 valence electrons. The van der Waals surface area contributed by atoms with Crippen molar-refractivity contribution in [2.45, 2.75) is 26.5 Å². The van der Waals surface area contributed by atoms with Crippen molar-refractivity contribution in [3.05, 3.63) is 53.9 Å². The monoisotopic (exact) mass is 397 g/mol. The Morgan fingerprint density at radius 3 is 2.66 bits per heavy atom. The average molecular weight is 397 g/mol. The summed E-state index contributed by atoms with van der Waals surface area (Å²) < 4.78 is 21.4. The van der Waals surface area contributed by atoms with E-state index < -0.39 is 6.10 Å². The first-order valence-electron chi connectivity index (χ1n) is 9.06. The van der Waals surface area contributed by atoms with Gasteiger partial charge in [-0.1, -0.05) is 17.3 Å². The van der Waals surface area contributed by atoms with Crippen LogP contribution in [0.3, 0.4) is 0 Å². The molecule has 0 aliphatic carbocycles. The van der Waals surface area contributed by atoms with E-state index >= 15 is 0 Å². The zero-order valence-corrected chi connectivity index (χ0v) is 16.8. The van der Waals surface area contributed by atoms with Gasteiger partial charge in [0.2, 0.25) is 11.7 Å². The number of methoxy groups -OCH3 is 2. The molecule has 0 aliphatic rings. The summed E-state index contributed by atoms with van der Waals surface area (Å²) in [6.07, 6.45) is -0.662. The quantitative estimate of drug-likeness (QED) is 0.624. The number of ether oxygens (including phenoxy) is 3. The Labute approximate surface area is 168 Å². The summed E-state index contributed by atoms with van der Waals surface area (Å²) in [6.45, 7) is 3.74. The Balaban J connectivity index is 1.59. The number of aryl methyl sites for hydroxylation is 1. The Bertz CT molecular complexity index is 986. The van der Waals surface area contributed by atoms with Gasteiger partial charge in [0, 0.05) is 5.56 Å². The summed E-state index contributed by atoms with van der Waals surface area (Å²) in [5.74, 6) is 2.20. The third kappa shape index (κ3) is 5.04. The summed E-state index contributed by atoms with van der Waals surface area (Å²) in [4.78, 5) is 16.6. The SMILES string of the molecule is COc1ccc(-c2noc(CNC(=O)C(C)Oc3cccc(C)c3)n2)cc1OC. The van der Waals surface area contributed by atoms with Crippen LogP contribution in [0.2, 0.25) is 0 Å². The number of rotatable bonds is 8. The van der Waals surface area contributed by atoms with Gasteiger partial charge in [0.15, 0.2) is 17.6 Å². The predicted molar refractivity (Wildman–Crippen MR) is 106 cm³/mol. The maximum absolute atomic E-state index is 12.3. The van der Waals surface area contributed by atoms with Crippen LogP contribution in [-0.4, -0.2) is 36.4 Å². The van der Waals surface area contributed by atoms with Crippen LogP contribution in [0, 0.1) is 6.92 Å². The van der Waals surface area contributed by atoms with Crippen molar-refractivity contribution in [3.8, 4) is 28.6 Å². The summed E-state index contributed by atoms with van der Waals surface area (Å²) in [5, 5.41) is 6.69. The van der Waals surface area contributed by atoms with Crippen molar-refractivity contribution in [1.29, 1.82) is 0 Å². The second-order valence-electron chi connectivity index (χ2n) is 6.38. The summed E-state index contributed by atoms with van der Waals surface area (Å²) in [6, 6.07) is 12.8. The van der Waals surface area contributed by atoms with Crippen LogP contribution in [0.1, 0.15) is 18.4 Å². The second-order valence-corrected chi connectivity index (χ2v) is 6.38. The number of amides is 1. The van der Waals surface area contributed by atoms with Gasteiger partial charge < -0.3 is 24.1 Å². The molecule has 1 atom stereocenters. The molecule has 1 unspecified atom stereocenters. The van der Waals surface area contributed by atoms with Crippen LogP contribution in [0.5, 0.6) is 17.2 Å². The van der Waals surface area contributed by atoms with Gasteiger partial charge in [0.25, 0.3) is 5.91 Å². The molecule has 0 radical (unpaired) electrons. The van der Waals surface area contributed by atoms with Crippen LogP contribution in [0.25, 0.3) is 11.4 Å². The van der Waals surface area contributed by atoms with Crippen molar-refractivity contribution in [2.24, 2.45) is 0 Å². The molecule has 1 aromatic heterocycles. The Kier molecular flexibility index (Phi) is 6.33. The van der Waals surface area contributed by atoms with Crippen LogP contribution >= 0.6 is 0 Å². The molecule has 29 heavy (non-hydrogen) atoms. The molecule has 1 amide bonds. The average Bonchev–Trinajstić information content (AvgIpc) is 3.20. The smallest absolute Gasteiger partial charge is 0.261 e. The first-order valence-corrected chi connectivity index (χ1v) is 9.06. The topological polar surface area (TPSA) is 95.7 Å². The van der Waals surface area contributed by atoms with Crippen molar-refractivity contribution in [1.82, 2.24) is 15.5 Å². The normalized spacial score (nSPS) is 11.6. The lowest BCUT2D eigenvalue weighted by molar-refractivity contribution is -0.127. The van der Waals surface area contributed by atoms with Crippen molar-refractivity contribution in [2.75, 3.05) is 14.2 Å². The van der Waals surface area contributed by atoms with Crippen LogP contribution in [0.15, 0.2) is 47.0 Å². The molecule has 0 aliphatic heterocycles. The van der Waals surface area contributed by atoms with E-state index in [4.69, 9.17) is 18.7 Å². The van der Waals surface area contributed by atoms with E-state index in [-0.39, 0.29) is 18.3 Å². The highest BCUT2D eigenvalue weighted by Crippen LogP contribution is 2.31. The van der Waals surface area contributed by atoms with Gasteiger partial charge in [0.1, 0.15) is 5.75 Å². The van der Waals surface area contributed by atoms with Crippen molar-refractivity contribution in [3.63, 3.8) is 0 Å². The summed E-state index contributed by atoms with van der Waals surface area (Å²) in [7, 11) is 3.12. The minimum absolute atomic E-state index is 0.0979. The standard InChI is InChI=1S/C21H23N3O5/c1-13-6-5-7-16(10-13)28-14(2)21(25)22-12-19-23-20(24-29-19)15-8-9-17(26-3)18(11-15)27-4/h5-11,14H,12H2,1-4H3,(H,22,25). The molecule has 8 nitrogen and oxygen atoms in total. The molecule has 0 bridgehead atoms. The highest BCUT2D eigenvalue weighted by atomic mass is 16.5. The maximum Gasteiger partial charge on any atom is 0.261 e. The fraction of sp³-hybridized carbons (Fsp3) is 0.286. The Morgan fingerprint density at radius 1 is 1.14 bits per heavy atom. The molecule has 8 heteroatoms. The van der Waals surface area contributed by atoms with E-state index in [1.54, 1.807) is 39.3 Å². The molecule has 0 saturated carbocycles.